The number of nitrogens with zero attached hydrogens (tertiary/aromatic N) is 3. The van der Waals surface area contributed by atoms with Gasteiger partial charge in [-0.3, -0.25) is 4.68 Å². The topological polar surface area (TPSA) is 63.0 Å². The molecule has 5 nitrogen and oxygen atoms in total. The summed E-state index contributed by atoms with van der Waals surface area (Å²) >= 11 is 0. The Morgan fingerprint density at radius 3 is 2.86 bits per heavy atom. The van der Waals surface area contributed by atoms with Gasteiger partial charge in [-0.05, 0) is 19.3 Å². The molecule has 1 fully saturated rings. The van der Waals surface area contributed by atoms with Gasteiger partial charge in [-0.2, -0.15) is 0 Å². The second kappa shape index (κ2) is 3.67. The zero-order valence-electron chi connectivity index (χ0n) is 8.40. The fraction of sp³-hybridized carbons (Fsp3) is 0.778. The van der Waals surface area contributed by atoms with E-state index in [4.69, 9.17) is 0 Å². The van der Waals surface area contributed by atoms with Crippen molar-refractivity contribution in [3.63, 3.8) is 0 Å². The highest BCUT2D eigenvalue weighted by atomic mass is 16.3. The van der Waals surface area contributed by atoms with Gasteiger partial charge in [-0.1, -0.05) is 5.21 Å². The standard InChI is InChI=1S/C9H16N4O/c1-13-8(6-11-12-13)5-10-9(7-14)3-2-4-9/h6,10,14H,2-5,7H2,1H3. The van der Waals surface area contributed by atoms with E-state index >= 15 is 0 Å². The zero-order valence-corrected chi connectivity index (χ0v) is 8.40. The molecule has 5 heteroatoms. The summed E-state index contributed by atoms with van der Waals surface area (Å²) in [4.78, 5) is 0. The lowest BCUT2D eigenvalue weighted by atomic mass is 9.77. The van der Waals surface area contributed by atoms with Crippen LogP contribution >= 0.6 is 0 Å². The highest BCUT2D eigenvalue weighted by molar-refractivity contribution is 5.00. The molecule has 0 unspecified atom stereocenters. The fourth-order valence-corrected chi connectivity index (χ4v) is 1.74. The first-order valence-corrected chi connectivity index (χ1v) is 4.95. The van der Waals surface area contributed by atoms with Crippen LogP contribution in [0.25, 0.3) is 0 Å². The van der Waals surface area contributed by atoms with E-state index in [2.05, 4.69) is 15.6 Å². The molecule has 0 aromatic carbocycles. The normalized spacial score (nSPS) is 19.3. The van der Waals surface area contributed by atoms with Crippen molar-refractivity contribution in [2.24, 2.45) is 7.05 Å². The Kier molecular flexibility index (Phi) is 2.52. The molecule has 1 heterocycles. The van der Waals surface area contributed by atoms with E-state index in [0.717, 1.165) is 25.1 Å². The van der Waals surface area contributed by atoms with Crippen molar-refractivity contribution >= 4 is 0 Å². The number of aromatic nitrogens is 3. The molecule has 78 valence electrons. The molecule has 0 radical (unpaired) electrons. The van der Waals surface area contributed by atoms with Crippen LogP contribution in [0.15, 0.2) is 6.20 Å². The lowest BCUT2D eigenvalue weighted by Gasteiger charge is -2.41. The predicted molar refractivity (Wildman–Crippen MR) is 51.5 cm³/mol. The van der Waals surface area contributed by atoms with Crippen LogP contribution < -0.4 is 5.32 Å². The number of rotatable bonds is 4. The summed E-state index contributed by atoms with van der Waals surface area (Å²) in [5.74, 6) is 0. The molecule has 0 aliphatic heterocycles. The second-order valence-corrected chi connectivity index (χ2v) is 3.99. The van der Waals surface area contributed by atoms with Crippen LogP contribution in [0.5, 0.6) is 0 Å². The summed E-state index contributed by atoms with van der Waals surface area (Å²) in [7, 11) is 1.87. The maximum atomic E-state index is 9.23. The van der Waals surface area contributed by atoms with Crippen molar-refractivity contribution in [2.75, 3.05) is 6.61 Å². The van der Waals surface area contributed by atoms with Crippen LogP contribution in [-0.4, -0.2) is 32.2 Å². The minimum absolute atomic E-state index is 0.0374. The molecular formula is C9H16N4O. The van der Waals surface area contributed by atoms with Gasteiger partial charge in [0.15, 0.2) is 0 Å². The Morgan fingerprint density at radius 1 is 1.64 bits per heavy atom. The minimum Gasteiger partial charge on any atom is -0.394 e. The Labute approximate surface area is 83.1 Å². The van der Waals surface area contributed by atoms with E-state index in [1.807, 2.05) is 7.05 Å². The Hall–Kier alpha value is -0.940. The first-order chi connectivity index (χ1) is 6.76. The summed E-state index contributed by atoms with van der Waals surface area (Å²) in [5, 5.41) is 20.3. The van der Waals surface area contributed by atoms with Gasteiger partial charge >= 0.3 is 0 Å². The molecule has 1 aliphatic carbocycles. The van der Waals surface area contributed by atoms with Crippen molar-refractivity contribution in [2.45, 2.75) is 31.3 Å². The number of hydrogen-bond acceptors (Lipinski definition) is 4. The fourth-order valence-electron chi connectivity index (χ4n) is 1.74. The van der Waals surface area contributed by atoms with Gasteiger partial charge < -0.3 is 10.4 Å². The Bertz CT molecular complexity index is 300. The molecule has 0 spiro atoms. The van der Waals surface area contributed by atoms with Crippen LogP contribution in [0, 0.1) is 0 Å². The third-order valence-electron chi connectivity index (χ3n) is 3.07. The first-order valence-electron chi connectivity index (χ1n) is 4.95. The molecule has 1 saturated carbocycles. The smallest absolute Gasteiger partial charge is 0.0738 e. The van der Waals surface area contributed by atoms with Crippen molar-refractivity contribution < 1.29 is 5.11 Å². The van der Waals surface area contributed by atoms with Gasteiger partial charge in [-0.25, -0.2) is 0 Å². The molecule has 0 amide bonds. The largest absolute Gasteiger partial charge is 0.394 e. The molecule has 1 aromatic heterocycles. The molecule has 1 aromatic rings. The second-order valence-electron chi connectivity index (χ2n) is 3.99. The molecule has 1 aliphatic rings. The Balaban J connectivity index is 1.90. The van der Waals surface area contributed by atoms with Crippen LogP contribution in [0.2, 0.25) is 0 Å². The highest BCUT2D eigenvalue weighted by Crippen LogP contribution is 2.31. The molecular weight excluding hydrogens is 180 g/mol. The van der Waals surface area contributed by atoms with Gasteiger partial charge in [-0.15, -0.1) is 5.10 Å². The maximum absolute atomic E-state index is 9.23. The third kappa shape index (κ3) is 1.65. The zero-order chi connectivity index (χ0) is 10.0. The number of aryl methyl sites for hydroxylation is 1. The number of nitrogens with one attached hydrogen (secondary N) is 1. The van der Waals surface area contributed by atoms with Gasteiger partial charge in [0.1, 0.15) is 0 Å². The molecule has 2 N–H and O–H groups in total. The van der Waals surface area contributed by atoms with Crippen LogP contribution in [0.1, 0.15) is 25.0 Å². The molecule has 0 atom stereocenters. The van der Waals surface area contributed by atoms with E-state index in [9.17, 15) is 5.11 Å². The first kappa shape index (κ1) is 9.61. The van der Waals surface area contributed by atoms with Crippen molar-refractivity contribution in [3.05, 3.63) is 11.9 Å². The van der Waals surface area contributed by atoms with E-state index in [-0.39, 0.29) is 12.1 Å². The van der Waals surface area contributed by atoms with Gasteiger partial charge in [0.05, 0.1) is 18.5 Å². The SMILES string of the molecule is Cn1nncc1CNC1(CO)CCC1. The number of aliphatic hydroxyl groups is 1. The molecule has 14 heavy (non-hydrogen) atoms. The molecule has 0 bridgehead atoms. The monoisotopic (exact) mass is 196 g/mol. The van der Waals surface area contributed by atoms with Crippen LogP contribution in [0.4, 0.5) is 0 Å². The average molecular weight is 196 g/mol. The number of aliphatic hydroxyl groups excluding tert-OH is 1. The average Bonchev–Trinajstić information content (AvgIpc) is 2.51. The third-order valence-corrected chi connectivity index (χ3v) is 3.07. The van der Waals surface area contributed by atoms with E-state index < -0.39 is 0 Å². The van der Waals surface area contributed by atoms with Gasteiger partial charge in [0.2, 0.25) is 0 Å². The summed E-state index contributed by atoms with van der Waals surface area (Å²) < 4.78 is 1.75. The summed E-state index contributed by atoms with van der Waals surface area (Å²) in [6.07, 6.45) is 5.08. The van der Waals surface area contributed by atoms with E-state index in [0.29, 0.717) is 0 Å². The maximum Gasteiger partial charge on any atom is 0.0738 e. The lowest BCUT2D eigenvalue weighted by molar-refractivity contribution is 0.0865. The predicted octanol–water partition coefficient (Wildman–Crippen LogP) is -0.180. The summed E-state index contributed by atoms with van der Waals surface area (Å²) in [6, 6.07) is 0. The number of hydrogen-bond donors (Lipinski definition) is 2. The quantitative estimate of drug-likeness (QED) is 0.701. The Morgan fingerprint density at radius 2 is 2.43 bits per heavy atom. The van der Waals surface area contributed by atoms with Gasteiger partial charge in [0, 0.05) is 19.1 Å². The van der Waals surface area contributed by atoms with Crippen LogP contribution in [0.3, 0.4) is 0 Å². The minimum atomic E-state index is -0.0374. The molecule has 2 rings (SSSR count). The molecule has 0 saturated heterocycles. The van der Waals surface area contributed by atoms with Crippen LogP contribution in [-0.2, 0) is 13.6 Å². The summed E-state index contributed by atoms with van der Waals surface area (Å²) in [6.45, 7) is 0.947. The van der Waals surface area contributed by atoms with E-state index in [1.165, 1.54) is 6.42 Å². The van der Waals surface area contributed by atoms with E-state index in [1.54, 1.807) is 10.9 Å². The van der Waals surface area contributed by atoms with Crippen molar-refractivity contribution in [1.29, 1.82) is 0 Å². The summed E-state index contributed by atoms with van der Waals surface area (Å²) in [5.41, 5.74) is 1.01. The van der Waals surface area contributed by atoms with Crippen molar-refractivity contribution in [1.82, 2.24) is 20.3 Å². The highest BCUT2D eigenvalue weighted by Gasteiger charge is 2.35. The van der Waals surface area contributed by atoms with Gasteiger partial charge in [0.25, 0.3) is 0 Å². The van der Waals surface area contributed by atoms with Crippen molar-refractivity contribution in [3.8, 4) is 0 Å². The lowest BCUT2D eigenvalue weighted by Crippen LogP contribution is -2.53.